The molecular weight excluding hydrogens is 202 g/mol. The fourth-order valence-electron chi connectivity index (χ4n) is 1.61. The highest BCUT2D eigenvalue weighted by Gasteiger charge is 2.27. The van der Waals surface area contributed by atoms with Crippen molar-refractivity contribution in [1.29, 1.82) is 0 Å². The number of aryl methyl sites for hydroxylation is 1. The zero-order valence-electron chi connectivity index (χ0n) is 8.05. The van der Waals surface area contributed by atoms with Crippen LogP contribution in [0.3, 0.4) is 0 Å². The van der Waals surface area contributed by atoms with Gasteiger partial charge in [0.2, 0.25) is 0 Å². The summed E-state index contributed by atoms with van der Waals surface area (Å²) in [5.41, 5.74) is 0.229. The van der Waals surface area contributed by atoms with Crippen molar-refractivity contribution in [3.63, 3.8) is 0 Å². The largest absolute Gasteiger partial charge is 0.510 e. The van der Waals surface area contributed by atoms with E-state index in [1.54, 1.807) is 25.1 Å². The molecule has 1 nitrogen and oxygen atoms in total. The van der Waals surface area contributed by atoms with Crippen molar-refractivity contribution in [1.82, 2.24) is 4.98 Å². The molecular formula is C10H8BF3N-. The highest BCUT2D eigenvalue weighted by molar-refractivity contribution is 6.75. The van der Waals surface area contributed by atoms with Crippen molar-refractivity contribution < 1.29 is 12.9 Å². The molecule has 1 aromatic heterocycles. The lowest BCUT2D eigenvalue weighted by Gasteiger charge is -2.17. The maximum Gasteiger partial charge on any atom is 0.510 e. The SMILES string of the molecule is Cc1cc([B-](F)(F)F)c2ccccc2n1. The second-order valence-corrected chi connectivity index (χ2v) is 3.44. The Balaban J connectivity index is 2.83. The summed E-state index contributed by atoms with van der Waals surface area (Å²) in [6.45, 7) is -3.41. The van der Waals surface area contributed by atoms with Crippen LogP contribution >= 0.6 is 0 Å². The summed E-state index contributed by atoms with van der Waals surface area (Å²) in [6, 6.07) is 7.41. The lowest BCUT2D eigenvalue weighted by molar-refractivity contribution is 0.501. The molecule has 0 saturated heterocycles. The van der Waals surface area contributed by atoms with Crippen molar-refractivity contribution in [2.24, 2.45) is 0 Å². The van der Waals surface area contributed by atoms with Crippen LogP contribution in [0.5, 0.6) is 0 Å². The van der Waals surface area contributed by atoms with Gasteiger partial charge in [0.25, 0.3) is 0 Å². The van der Waals surface area contributed by atoms with E-state index < -0.39 is 12.4 Å². The number of pyridine rings is 1. The Kier molecular flexibility index (Phi) is 2.18. The Bertz CT molecular complexity index is 507. The minimum Gasteiger partial charge on any atom is -0.445 e. The van der Waals surface area contributed by atoms with E-state index in [-0.39, 0.29) is 5.39 Å². The highest BCUT2D eigenvalue weighted by Crippen LogP contribution is 2.17. The van der Waals surface area contributed by atoms with E-state index in [2.05, 4.69) is 4.98 Å². The molecule has 0 radical (unpaired) electrons. The van der Waals surface area contributed by atoms with Gasteiger partial charge in [-0.1, -0.05) is 29.7 Å². The van der Waals surface area contributed by atoms with Crippen molar-refractivity contribution >= 4 is 23.3 Å². The predicted molar refractivity (Wildman–Crippen MR) is 55.2 cm³/mol. The summed E-state index contributed by atoms with van der Waals surface area (Å²) in [5.74, 6) is 0. The predicted octanol–water partition coefficient (Wildman–Crippen LogP) is 2.60. The summed E-state index contributed by atoms with van der Waals surface area (Å²) >= 11 is 0. The van der Waals surface area contributed by atoms with Crippen molar-refractivity contribution in [3.8, 4) is 0 Å². The Labute approximate surface area is 85.0 Å². The minimum atomic E-state index is -4.98. The number of benzene rings is 1. The van der Waals surface area contributed by atoms with Gasteiger partial charge in [0.15, 0.2) is 0 Å². The fraction of sp³-hybridized carbons (Fsp3) is 0.100. The van der Waals surface area contributed by atoms with Gasteiger partial charge >= 0.3 is 6.98 Å². The molecule has 0 bridgehead atoms. The number of hydrogen-bond acceptors (Lipinski definition) is 1. The van der Waals surface area contributed by atoms with Gasteiger partial charge in [0.05, 0.1) is 5.52 Å². The smallest absolute Gasteiger partial charge is 0.445 e. The Hall–Kier alpha value is -1.52. The van der Waals surface area contributed by atoms with Gasteiger partial charge in [0.1, 0.15) is 0 Å². The standard InChI is InChI=1S/C10H8BF3N/c1-7-6-9(11(12,13)14)8-4-2-3-5-10(8)15-7/h2-6H,1H3/q-1. The van der Waals surface area contributed by atoms with Gasteiger partial charge in [-0.3, -0.25) is 4.98 Å². The normalized spacial score (nSPS) is 12.0. The molecule has 0 aliphatic carbocycles. The van der Waals surface area contributed by atoms with Gasteiger partial charge < -0.3 is 12.9 Å². The molecule has 1 aromatic carbocycles. The Morgan fingerprint density at radius 1 is 1.13 bits per heavy atom. The van der Waals surface area contributed by atoms with Gasteiger partial charge in [-0.15, -0.1) is 0 Å². The van der Waals surface area contributed by atoms with Gasteiger partial charge in [-0.2, -0.15) is 0 Å². The second kappa shape index (κ2) is 3.26. The van der Waals surface area contributed by atoms with E-state index in [1.165, 1.54) is 6.07 Å². The molecule has 0 aliphatic rings. The van der Waals surface area contributed by atoms with Crippen LogP contribution in [0, 0.1) is 6.92 Å². The van der Waals surface area contributed by atoms with E-state index in [0.29, 0.717) is 11.2 Å². The van der Waals surface area contributed by atoms with Gasteiger partial charge in [-0.25, -0.2) is 0 Å². The second-order valence-electron chi connectivity index (χ2n) is 3.44. The van der Waals surface area contributed by atoms with E-state index in [9.17, 15) is 12.9 Å². The van der Waals surface area contributed by atoms with Crippen LogP contribution in [0.4, 0.5) is 12.9 Å². The third kappa shape index (κ3) is 1.82. The van der Waals surface area contributed by atoms with Crippen LogP contribution in [0.25, 0.3) is 10.9 Å². The minimum absolute atomic E-state index is 0.176. The van der Waals surface area contributed by atoms with Crippen molar-refractivity contribution in [2.75, 3.05) is 0 Å². The quantitative estimate of drug-likeness (QED) is 0.659. The van der Waals surface area contributed by atoms with Crippen LogP contribution in [0.1, 0.15) is 5.69 Å². The zero-order valence-corrected chi connectivity index (χ0v) is 8.05. The van der Waals surface area contributed by atoms with Crippen molar-refractivity contribution in [2.45, 2.75) is 6.92 Å². The monoisotopic (exact) mass is 210 g/mol. The average molecular weight is 210 g/mol. The molecule has 2 rings (SSSR count). The first-order chi connectivity index (χ1) is 6.98. The molecule has 0 spiro atoms. The number of halogens is 3. The van der Waals surface area contributed by atoms with Crippen LogP contribution in [-0.4, -0.2) is 12.0 Å². The van der Waals surface area contributed by atoms with Crippen molar-refractivity contribution in [3.05, 3.63) is 36.0 Å². The lowest BCUT2D eigenvalue weighted by Crippen LogP contribution is -2.35. The van der Waals surface area contributed by atoms with Gasteiger partial charge in [0, 0.05) is 5.69 Å². The van der Waals surface area contributed by atoms with Crippen LogP contribution in [0.15, 0.2) is 30.3 Å². The molecule has 5 heteroatoms. The first-order valence-electron chi connectivity index (χ1n) is 4.55. The van der Waals surface area contributed by atoms with Crippen LogP contribution < -0.4 is 5.46 Å². The van der Waals surface area contributed by atoms with Crippen LogP contribution in [-0.2, 0) is 0 Å². The zero-order chi connectivity index (χ0) is 11.1. The van der Waals surface area contributed by atoms with E-state index >= 15 is 0 Å². The molecule has 0 atom stereocenters. The number of rotatable bonds is 1. The van der Waals surface area contributed by atoms with E-state index in [0.717, 1.165) is 6.07 Å². The topological polar surface area (TPSA) is 12.9 Å². The molecule has 0 amide bonds. The molecule has 0 saturated carbocycles. The molecule has 0 aliphatic heterocycles. The first kappa shape index (κ1) is 10.0. The molecule has 0 fully saturated rings. The first-order valence-corrected chi connectivity index (χ1v) is 4.55. The molecule has 15 heavy (non-hydrogen) atoms. The third-order valence-corrected chi connectivity index (χ3v) is 2.23. The summed E-state index contributed by atoms with van der Waals surface area (Å²) in [5, 5.41) is 0.176. The molecule has 0 unspecified atom stereocenters. The van der Waals surface area contributed by atoms with E-state index in [4.69, 9.17) is 0 Å². The summed E-state index contributed by atoms with van der Waals surface area (Å²) in [6.07, 6.45) is 0. The number of hydrogen-bond donors (Lipinski definition) is 0. The maximum absolute atomic E-state index is 12.7. The molecule has 2 aromatic rings. The average Bonchev–Trinajstić information content (AvgIpc) is 2.15. The van der Waals surface area contributed by atoms with Gasteiger partial charge in [-0.05, 0) is 18.4 Å². The van der Waals surface area contributed by atoms with Crippen LogP contribution in [0.2, 0.25) is 0 Å². The summed E-state index contributed by atoms with van der Waals surface area (Å²) in [4.78, 5) is 4.06. The molecule has 0 N–H and O–H groups in total. The third-order valence-electron chi connectivity index (χ3n) is 2.23. The molecule has 1 heterocycles. The lowest BCUT2D eigenvalue weighted by atomic mass is 9.77. The maximum atomic E-state index is 12.7. The summed E-state index contributed by atoms with van der Waals surface area (Å²) < 4.78 is 38.2. The Morgan fingerprint density at radius 3 is 2.47 bits per heavy atom. The number of nitrogens with zero attached hydrogens (tertiary/aromatic N) is 1. The number of para-hydroxylation sites is 1. The van der Waals surface area contributed by atoms with E-state index in [1.807, 2.05) is 0 Å². The number of fused-ring (bicyclic) bond motifs is 1. The Morgan fingerprint density at radius 2 is 1.80 bits per heavy atom. The number of aromatic nitrogens is 1. The highest BCUT2D eigenvalue weighted by atomic mass is 19.4. The fourth-order valence-corrected chi connectivity index (χ4v) is 1.61. The molecule has 78 valence electrons. The summed E-state index contributed by atoms with van der Waals surface area (Å²) in [7, 11) is 0.